The smallest absolute Gasteiger partial charge is 0.252 e. The van der Waals surface area contributed by atoms with Crippen LogP contribution in [0.25, 0.3) is 104 Å². The van der Waals surface area contributed by atoms with Gasteiger partial charge in [-0.15, -0.1) is 0 Å². The molecule has 0 N–H and O–H groups in total. The van der Waals surface area contributed by atoms with Crippen LogP contribution in [0.4, 0.5) is 39.8 Å². The fourth-order valence-electron chi connectivity index (χ4n) is 14.7. The van der Waals surface area contributed by atoms with E-state index in [9.17, 15) is 5.26 Å². The lowest BCUT2D eigenvalue weighted by molar-refractivity contribution is 0.590. The molecule has 15 aromatic rings. The van der Waals surface area contributed by atoms with Crippen LogP contribution in [-0.4, -0.2) is 15.8 Å². The van der Waals surface area contributed by atoms with Gasteiger partial charge in [0.05, 0.1) is 51.6 Å². The molecule has 0 bridgehead atoms. The Morgan fingerprint density at radius 2 is 0.736 bits per heavy atom. The van der Waals surface area contributed by atoms with Gasteiger partial charge in [-0.25, -0.2) is 4.85 Å². The van der Waals surface area contributed by atoms with Crippen LogP contribution >= 0.6 is 0 Å². The number of hydrogen-bond donors (Lipinski definition) is 0. The molecule has 13 aromatic carbocycles. The Morgan fingerprint density at radius 1 is 0.374 bits per heavy atom. The molecular weight excluding hydrogens is 1100 g/mol. The van der Waals surface area contributed by atoms with Gasteiger partial charge in [0.1, 0.15) is 0 Å². The number of aromatic nitrogens is 2. The molecule has 91 heavy (non-hydrogen) atoms. The minimum absolute atomic E-state index is 0.261. The number of nitriles is 1. The zero-order valence-electron chi connectivity index (χ0n) is 50.5. The minimum Gasteiger partial charge on any atom is -0.310 e. The molecule has 7 heteroatoms. The van der Waals surface area contributed by atoms with Crippen molar-refractivity contribution < 1.29 is 0 Å². The fourth-order valence-corrected chi connectivity index (χ4v) is 14.7. The second-order valence-electron chi connectivity index (χ2n) is 25.0. The molecule has 4 heterocycles. The van der Waals surface area contributed by atoms with Crippen molar-refractivity contribution in [1.82, 2.24) is 9.13 Å². The molecule has 426 valence electrons. The van der Waals surface area contributed by atoms with Gasteiger partial charge in [0.25, 0.3) is 6.71 Å². The Hall–Kier alpha value is -11.9. The van der Waals surface area contributed by atoms with E-state index in [4.69, 9.17) is 6.57 Å². The number of benzene rings is 13. The maximum absolute atomic E-state index is 10.2. The van der Waals surface area contributed by atoms with Gasteiger partial charge in [-0.1, -0.05) is 239 Å². The predicted octanol–water partition coefficient (Wildman–Crippen LogP) is 20.4. The number of fused-ring (bicyclic) bond motifs is 10. The summed E-state index contributed by atoms with van der Waals surface area (Å²) in [6.45, 7) is 14.8. The Morgan fingerprint density at radius 3 is 1.11 bits per heavy atom. The van der Waals surface area contributed by atoms with Crippen LogP contribution in [0.3, 0.4) is 0 Å². The van der Waals surface area contributed by atoms with Crippen molar-refractivity contribution in [2.75, 3.05) is 9.80 Å². The summed E-state index contributed by atoms with van der Waals surface area (Å²) >= 11 is 0. The fraction of sp³-hybridized carbons (Fsp3) is 0.0476. The highest BCUT2D eigenvalue weighted by Crippen LogP contribution is 2.54. The molecule has 0 saturated carbocycles. The standard InChI is InChI=1S/C84H57BN6/c1-84(2,3)59-49-79-81-80(50-59)91(83-64(56-23-9-6-10-24-56)30-20-32-66(83)58-41-43-60(87-4)44-42-58)78-52-62(89-75-35-17-13-27-69(75)70-28-14-18-36-76(70)89)46-48-72(78)85(81)71-47-45-61(88-73-33-15-11-25-67(73)68-26-12-16-34-74(68)88)51-77(71)90(79)82-63(55-21-7-5-8-22-55)29-19-31-65(82)57-39-37-54(53-86)38-40-57/h5-52H,1-3H3. The third-order valence-electron chi connectivity index (χ3n) is 18.9. The lowest BCUT2D eigenvalue weighted by Gasteiger charge is -2.46. The van der Waals surface area contributed by atoms with Crippen LogP contribution in [0, 0.1) is 17.9 Å². The van der Waals surface area contributed by atoms with Gasteiger partial charge in [0.15, 0.2) is 5.69 Å². The average molecular weight is 1160 g/mol. The molecule has 0 amide bonds. The Labute approximate surface area is 529 Å². The summed E-state index contributed by atoms with van der Waals surface area (Å²) in [4.78, 5) is 9.08. The van der Waals surface area contributed by atoms with E-state index >= 15 is 0 Å². The highest BCUT2D eigenvalue weighted by Gasteiger charge is 2.46. The number of anilines is 6. The van der Waals surface area contributed by atoms with Crippen molar-refractivity contribution in [2.24, 2.45) is 0 Å². The molecule has 0 unspecified atom stereocenters. The zero-order valence-corrected chi connectivity index (χ0v) is 50.5. The van der Waals surface area contributed by atoms with Crippen LogP contribution < -0.4 is 26.2 Å². The molecule has 2 aliphatic heterocycles. The molecule has 6 nitrogen and oxygen atoms in total. The molecule has 0 fully saturated rings. The normalized spacial score (nSPS) is 12.5. The van der Waals surface area contributed by atoms with E-state index in [1.807, 2.05) is 24.3 Å². The maximum atomic E-state index is 10.2. The van der Waals surface area contributed by atoms with Crippen molar-refractivity contribution in [1.29, 1.82) is 5.26 Å². The van der Waals surface area contributed by atoms with Crippen LogP contribution in [0.5, 0.6) is 0 Å². The summed E-state index contributed by atoms with van der Waals surface area (Å²) < 4.78 is 4.89. The van der Waals surface area contributed by atoms with Crippen LogP contribution in [-0.2, 0) is 5.41 Å². The first-order chi connectivity index (χ1) is 44.7. The number of rotatable bonds is 8. The van der Waals surface area contributed by atoms with E-state index in [0.29, 0.717) is 11.3 Å². The molecular formula is C84H57BN6. The summed E-state index contributed by atoms with van der Waals surface area (Å²) in [5, 5.41) is 15.0. The van der Waals surface area contributed by atoms with Gasteiger partial charge in [-0.2, -0.15) is 5.26 Å². The monoisotopic (exact) mass is 1160 g/mol. The predicted molar refractivity (Wildman–Crippen MR) is 381 cm³/mol. The molecule has 2 aromatic heterocycles. The van der Waals surface area contributed by atoms with E-state index in [-0.39, 0.29) is 12.1 Å². The summed E-state index contributed by atoms with van der Waals surface area (Å²) in [6.07, 6.45) is 0. The van der Waals surface area contributed by atoms with Crippen molar-refractivity contribution in [3.8, 4) is 62.0 Å². The van der Waals surface area contributed by atoms with E-state index in [1.54, 1.807) is 0 Å². The van der Waals surface area contributed by atoms with Crippen molar-refractivity contribution in [2.45, 2.75) is 26.2 Å². The lowest BCUT2D eigenvalue weighted by atomic mass is 9.33. The Bertz CT molecular complexity index is 5100. The maximum Gasteiger partial charge on any atom is 0.252 e. The largest absolute Gasteiger partial charge is 0.310 e. The molecule has 0 radical (unpaired) electrons. The van der Waals surface area contributed by atoms with Gasteiger partial charge in [-0.3, -0.25) is 0 Å². The first kappa shape index (κ1) is 53.4. The molecule has 17 rings (SSSR count). The zero-order chi connectivity index (χ0) is 61.1. The third kappa shape index (κ3) is 8.40. The van der Waals surface area contributed by atoms with E-state index in [1.165, 1.54) is 43.5 Å². The van der Waals surface area contributed by atoms with Gasteiger partial charge in [-0.05, 0) is 122 Å². The molecule has 0 spiro atoms. The van der Waals surface area contributed by atoms with E-state index < -0.39 is 0 Å². The topological polar surface area (TPSA) is 44.5 Å². The van der Waals surface area contributed by atoms with Gasteiger partial charge < -0.3 is 18.9 Å². The van der Waals surface area contributed by atoms with Crippen LogP contribution in [0.1, 0.15) is 31.9 Å². The minimum atomic E-state index is -0.346. The number of para-hydroxylation sites is 6. The van der Waals surface area contributed by atoms with Crippen LogP contribution in [0.15, 0.2) is 291 Å². The van der Waals surface area contributed by atoms with Gasteiger partial charge in [0.2, 0.25) is 0 Å². The summed E-state index contributed by atoms with van der Waals surface area (Å²) in [5.74, 6) is 0. The van der Waals surface area contributed by atoms with E-state index in [2.05, 4.69) is 318 Å². The second-order valence-corrected chi connectivity index (χ2v) is 25.0. The van der Waals surface area contributed by atoms with Gasteiger partial charge >= 0.3 is 0 Å². The summed E-state index contributed by atoms with van der Waals surface area (Å²) in [5.41, 5.74) is 27.1. The van der Waals surface area contributed by atoms with Crippen LogP contribution in [0.2, 0.25) is 0 Å². The number of nitrogens with zero attached hydrogens (tertiary/aromatic N) is 6. The van der Waals surface area contributed by atoms with Crippen molar-refractivity contribution >= 4 is 107 Å². The summed E-state index contributed by atoms with van der Waals surface area (Å²) in [7, 11) is 0. The molecule has 0 atom stereocenters. The SMILES string of the molecule is [C-]#[N+]c1ccc(-c2cccc(-c3ccccc3)c2N2c3cc(-n4c5ccccc5c5ccccc54)ccc3B3c4ccc(-n5c6ccccc6c6ccccc65)cc4N(c4c(-c5ccccc5)cccc4-c4ccc(C#N)cc4)c4cc(C(C)(C)C)cc2c43)cc1. The number of hydrogen-bond acceptors (Lipinski definition) is 3. The Kier molecular flexibility index (Phi) is 12.2. The van der Waals surface area contributed by atoms with Crippen molar-refractivity contribution in [3.05, 3.63) is 314 Å². The second kappa shape index (κ2) is 20.9. The summed E-state index contributed by atoms with van der Waals surface area (Å²) in [6, 6.07) is 108. The highest BCUT2D eigenvalue weighted by molar-refractivity contribution is 7.00. The highest BCUT2D eigenvalue weighted by atomic mass is 15.2. The molecule has 0 saturated heterocycles. The molecule has 0 aliphatic carbocycles. The van der Waals surface area contributed by atoms with E-state index in [0.717, 1.165) is 112 Å². The Balaban J connectivity index is 1.05. The lowest BCUT2D eigenvalue weighted by Crippen LogP contribution is -2.61. The van der Waals surface area contributed by atoms with Gasteiger partial charge in [0, 0.05) is 77.9 Å². The first-order valence-electron chi connectivity index (χ1n) is 31.1. The quantitative estimate of drug-likeness (QED) is 0.112. The average Bonchev–Trinajstić information content (AvgIpc) is 1.17. The molecule has 2 aliphatic rings. The third-order valence-corrected chi connectivity index (χ3v) is 18.9. The first-order valence-corrected chi connectivity index (χ1v) is 31.1. The van der Waals surface area contributed by atoms with Crippen molar-refractivity contribution in [3.63, 3.8) is 0 Å².